The number of thiophene rings is 1. The minimum absolute atomic E-state index is 0.0389. The molecular formula is C19H19ClN2O2S. The first-order valence-corrected chi connectivity index (χ1v) is 9.23. The van der Waals surface area contributed by atoms with Crippen LogP contribution in [0.15, 0.2) is 64.6 Å². The first kappa shape index (κ1) is 17.7. The molecule has 1 aromatic carbocycles. The van der Waals surface area contributed by atoms with Gasteiger partial charge in [0, 0.05) is 23.0 Å². The molecule has 25 heavy (non-hydrogen) atoms. The Kier molecular flexibility index (Phi) is 6.28. The molecular weight excluding hydrogens is 356 g/mol. The molecule has 3 rings (SSSR count). The van der Waals surface area contributed by atoms with Crippen LogP contribution in [0.5, 0.6) is 0 Å². The van der Waals surface area contributed by atoms with Crippen LogP contribution in [0, 0.1) is 0 Å². The maximum atomic E-state index is 12.4. The van der Waals surface area contributed by atoms with E-state index >= 15 is 0 Å². The zero-order chi connectivity index (χ0) is 17.5. The van der Waals surface area contributed by atoms with Gasteiger partial charge in [-0.2, -0.15) is 0 Å². The van der Waals surface area contributed by atoms with Crippen molar-refractivity contribution in [3.8, 4) is 0 Å². The van der Waals surface area contributed by atoms with Crippen LogP contribution in [0.25, 0.3) is 0 Å². The molecule has 6 heteroatoms. The SMILES string of the molecule is O=C(CN(Cc1ccco1)Cc1cccs1)NCc1ccccc1Cl. The molecule has 0 saturated carbocycles. The summed E-state index contributed by atoms with van der Waals surface area (Å²) >= 11 is 7.81. The Labute approximate surface area is 156 Å². The molecule has 3 aromatic rings. The number of nitrogens with zero attached hydrogens (tertiary/aromatic N) is 1. The van der Waals surface area contributed by atoms with E-state index in [1.807, 2.05) is 47.8 Å². The molecule has 0 aliphatic heterocycles. The highest BCUT2D eigenvalue weighted by molar-refractivity contribution is 7.09. The van der Waals surface area contributed by atoms with E-state index in [-0.39, 0.29) is 5.91 Å². The van der Waals surface area contributed by atoms with E-state index < -0.39 is 0 Å². The lowest BCUT2D eigenvalue weighted by Gasteiger charge is -2.20. The molecule has 1 amide bonds. The summed E-state index contributed by atoms with van der Waals surface area (Å²) in [5.74, 6) is 0.804. The Bertz CT molecular complexity index is 751. The highest BCUT2D eigenvalue weighted by Crippen LogP contribution is 2.16. The number of amides is 1. The summed E-state index contributed by atoms with van der Waals surface area (Å²) in [5.41, 5.74) is 0.911. The second-order valence-corrected chi connectivity index (χ2v) is 7.11. The summed E-state index contributed by atoms with van der Waals surface area (Å²) in [6, 6.07) is 15.4. The normalized spacial score (nSPS) is 11.0. The molecule has 0 bridgehead atoms. The van der Waals surface area contributed by atoms with E-state index in [9.17, 15) is 4.79 Å². The van der Waals surface area contributed by atoms with Crippen molar-refractivity contribution < 1.29 is 9.21 Å². The van der Waals surface area contributed by atoms with Gasteiger partial charge in [-0.1, -0.05) is 35.9 Å². The number of benzene rings is 1. The summed E-state index contributed by atoms with van der Waals surface area (Å²) in [6.45, 7) is 2.01. The molecule has 2 heterocycles. The van der Waals surface area contributed by atoms with Crippen LogP contribution in [0.4, 0.5) is 0 Å². The molecule has 2 aromatic heterocycles. The third-order valence-corrected chi connectivity index (χ3v) is 4.95. The number of nitrogens with one attached hydrogen (secondary N) is 1. The van der Waals surface area contributed by atoms with Gasteiger partial charge in [0.05, 0.1) is 19.4 Å². The number of hydrogen-bond donors (Lipinski definition) is 1. The molecule has 0 atom stereocenters. The number of halogens is 1. The smallest absolute Gasteiger partial charge is 0.234 e. The number of carbonyl (C=O) groups is 1. The Balaban J connectivity index is 1.58. The predicted octanol–water partition coefficient (Wildman–Crippen LogP) is 4.31. The van der Waals surface area contributed by atoms with E-state index in [1.54, 1.807) is 17.6 Å². The molecule has 0 aliphatic rings. The number of furan rings is 1. The van der Waals surface area contributed by atoms with E-state index in [0.29, 0.717) is 31.2 Å². The Morgan fingerprint density at radius 3 is 2.72 bits per heavy atom. The van der Waals surface area contributed by atoms with Crippen molar-refractivity contribution in [3.05, 3.63) is 81.4 Å². The van der Waals surface area contributed by atoms with Crippen LogP contribution in [0.2, 0.25) is 5.02 Å². The van der Waals surface area contributed by atoms with Gasteiger partial charge in [-0.05, 0) is 35.2 Å². The lowest BCUT2D eigenvalue weighted by atomic mass is 10.2. The van der Waals surface area contributed by atoms with Crippen LogP contribution in [-0.2, 0) is 24.4 Å². The minimum Gasteiger partial charge on any atom is -0.468 e. The lowest BCUT2D eigenvalue weighted by Crippen LogP contribution is -2.36. The molecule has 0 aliphatic carbocycles. The van der Waals surface area contributed by atoms with Crippen molar-refractivity contribution >= 4 is 28.8 Å². The van der Waals surface area contributed by atoms with Crippen molar-refractivity contribution in [2.75, 3.05) is 6.54 Å². The molecule has 0 spiro atoms. The highest BCUT2D eigenvalue weighted by atomic mass is 35.5. The maximum Gasteiger partial charge on any atom is 0.234 e. The quantitative estimate of drug-likeness (QED) is 0.639. The average molecular weight is 375 g/mol. The van der Waals surface area contributed by atoms with Gasteiger partial charge in [0.1, 0.15) is 5.76 Å². The predicted molar refractivity (Wildman–Crippen MR) is 100 cm³/mol. The van der Waals surface area contributed by atoms with E-state index in [2.05, 4.69) is 16.3 Å². The van der Waals surface area contributed by atoms with Crippen molar-refractivity contribution in [3.63, 3.8) is 0 Å². The molecule has 0 saturated heterocycles. The molecule has 1 N–H and O–H groups in total. The van der Waals surface area contributed by atoms with Gasteiger partial charge in [0.2, 0.25) is 5.91 Å². The van der Waals surface area contributed by atoms with Crippen LogP contribution in [-0.4, -0.2) is 17.4 Å². The van der Waals surface area contributed by atoms with Crippen LogP contribution < -0.4 is 5.32 Å². The molecule has 130 valence electrons. The summed E-state index contributed by atoms with van der Waals surface area (Å²) < 4.78 is 5.42. The van der Waals surface area contributed by atoms with Gasteiger partial charge in [0.25, 0.3) is 0 Å². The van der Waals surface area contributed by atoms with Crippen LogP contribution in [0.1, 0.15) is 16.2 Å². The van der Waals surface area contributed by atoms with Gasteiger partial charge >= 0.3 is 0 Å². The highest BCUT2D eigenvalue weighted by Gasteiger charge is 2.14. The molecule has 4 nitrogen and oxygen atoms in total. The van der Waals surface area contributed by atoms with Crippen LogP contribution in [0.3, 0.4) is 0 Å². The van der Waals surface area contributed by atoms with Crippen LogP contribution >= 0.6 is 22.9 Å². The topological polar surface area (TPSA) is 45.5 Å². The third-order valence-electron chi connectivity index (χ3n) is 3.72. The first-order valence-electron chi connectivity index (χ1n) is 7.98. The fourth-order valence-corrected chi connectivity index (χ4v) is 3.46. The first-order chi connectivity index (χ1) is 12.2. The largest absolute Gasteiger partial charge is 0.468 e. The standard InChI is InChI=1S/C19H19ClN2O2S/c20-18-8-2-1-5-15(18)11-21-19(23)14-22(12-16-6-3-9-24-16)13-17-7-4-10-25-17/h1-10H,11-14H2,(H,21,23). The van der Waals surface area contributed by atoms with Gasteiger partial charge in [-0.3, -0.25) is 9.69 Å². The fraction of sp³-hybridized carbons (Fsp3) is 0.211. The second-order valence-electron chi connectivity index (χ2n) is 5.67. The second kappa shape index (κ2) is 8.85. The van der Waals surface area contributed by atoms with E-state index in [1.165, 1.54) is 4.88 Å². The molecule has 0 fully saturated rings. The average Bonchev–Trinajstić information content (AvgIpc) is 3.28. The summed E-state index contributed by atoms with van der Waals surface area (Å²) in [6.07, 6.45) is 1.65. The number of rotatable bonds is 8. The Morgan fingerprint density at radius 1 is 1.12 bits per heavy atom. The zero-order valence-electron chi connectivity index (χ0n) is 13.7. The van der Waals surface area contributed by atoms with Gasteiger partial charge in [0.15, 0.2) is 0 Å². The minimum atomic E-state index is -0.0389. The zero-order valence-corrected chi connectivity index (χ0v) is 15.2. The number of carbonyl (C=O) groups excluding carboxylic acids is 1. The number of hydrogen-bond acceptors (Lipinski definition) is 4. The van der Waals surface area contributed by atoms with Gasteiger partial charge in [-0.25, -0.2) is 0 Å². The van der Waals surface area contributed by atoms with Gasteiger partial charge < -0.3 is 9.73 Å². The van der Waals surface area contributed by atoms with E-state index in [4.69, 9.17) is 16.0 Å². The Hall–Kier alpha value is -2.08. The van der Waals surface area contributed by atoms with E-state index in [0.717, 1.165) is 11.3 Å². The lowest BCUT2D eigenvalue weighted by molar-refractivity contribution is -0.122. The van der Waals surface area contributed by atoms with Crippen molar-refractivity contribution in [2.45, 2.75) is 19.6 Å². The van der Waals surface area contributed by atoms with Crippen molar-refractivity contribution in [1.29, 1.82) is 0 Å². The van der Waals surface area contributed by atoms with Gasteiger partial charge in [-0.15, -0.1) is 11.3 Å². The monoisotopic (exact) mass is 374 g/mol. The maximum absolute atomic E-state index is 12.4. The fourth-order valence-electron chi connectivity index (χ4n) is 2.51. The summed E-state index contributed by atoms with van der Waals surface area (Å²) in [5, 5.41) is 5.64. The summed E-state index contributed by atoms with van der Waals surface area (Å²) in [4.78, 5) is 15.6. The van der Waals surface area contributed by atoms with Crippen molar-refractivity contribution in [2.24, 2.45) is 0 Å². The molecule has 0 radical (unpaired) electrons. The third kappa shape index (κ3) is 5.46. The molecule has 0 unspecified atom stereocenters. The Morgan fingerprint density at radius 2 is 2.00 bits per heavy atom. The van der Waals surface area contributed by atoms with Crippen molar-refractivity contribution in [1.82, 2.24) is 10.2 Å². The summed E-state index contributed by atoms with van der Waals surface area (Å²) in [7, 11) is 0.